The van der Waals surface area contributed by atoms with Crippen LogP contribution in [0.2, 0.25) is 0 Å². The number of aromatic nitrogens is 2. The maximum atomic E-state index is 2.46. The molecule has 27 heavy (non-hydrogen) atoms. The van der Waals surface area contributed by atoms with E-state index in [-0.39, 0.29) is 0 Å². The second kappa shape index (κ2) is 6.61. The third kappa shape index (κ3) is 2.62. The molecule has 0 unspecified atom stereocenters. The molecule has 1 aromatic heterocycles. The molecule has 0 aliphatic carbocycles. The number of benzene rings is 2. The third-order valence-electron chi connectivity index (χ3n) is 5.68. The van der Waals surface area contributed by atoms with Crippen molar-refractivity contribution in [1.82, 2.24) is 9.47 Å². The minimum Gasteiger partial charge on any atom is -0.366 e. The second-order valence-corrected chi connectivity index (χ2v) is 8.24. The fourth-order valence-corrected chi connectivity index (χ4v) is 5.42. The van der Waals surface area contributed by atoms with Crippen molar-refractivity contribution in [2.45, 2.75) is 13.5 Å². The van der Waals surface area contributed by atoms with Gasteiger partial charge in [0.25, 0.3) is 5.82 Å². The number of para-hydroxylation sites is 2. The Morgan fingerprint density at radius 1 is 1.07 bits per heavy atom. The first kappa shape index (κ1) is 16.7. The number of aryl methyl sites for hydroxylation is 1. The van der Waals surface area contributed by atoms with E-state index in [4.69, 9.17) is 0 Å². The summed E-state index contributed by atoms with van der Waals surface area (Å²) in [6.07, 6.45) is 4.65. The minimum atomic E-state index is 0.927. The van der Waals surface area contributed by atoms with Crippen LogP contribution < -0.4 is 4.57 Å². The zero-order valence-corrected chi connectivity index (χ0v) is 16.7. The van der Waals surface area contributed by atoms with E-state index in [0.29, 0.717) is 0 Å². The summed E-state index contributed by atoms with van der Waals surface area (Å²) < 4.78 is 4.80. The average Bonchev–Trinajstić information content (AvgIpc) is 3.28. The van der Waals surface area contributed by atoms with Gasteiger partial charge in [-0.2, -0.15) is 0 Å². The van der Waals surface area contributed by atoms with Crippen molar-refractivity contribution in [3.8, 4) is 0 Å². The SMILES string of the molecule is CCN1CCSC1=CC=C1c2ccccc2Cn2c1[n+](C)c1ccccc12. The maximum absolute atomic E-state index is 2.46. The van der Waals surface area contributed by atoms with Gasteiger partial charge in [0.1, 0.15) is 6.54 Å². The van der Waals surface area contributed by atoms with Crippen molar-refractivity contribution in [3.05, 3.63) is 82.7 Å². The Balaban J connectivity index is 1.74. The minimum absolute atomic E-state index is 0.927. The molecule has 1 fully saturated rings. The van der Waals surface area contributed by atoms with Crippen LogP contribution in [0.4, 0.5) is 0 Å². The van der Waals surface area contributed by atoms with Crippen LogP contribution in [-0.2, 0) is 13.6 Å². The van der Waals surface area contributed by atoms with E-state index in [2.05, 4.69) is 88.7 Å². The molecular weight excluding hydrogens is 350 g/mol. The Labute approximate surface area is 164 Å². The Bertz CT molecular complexity index is 1090. The van der Waals surface area contributed by atoms with Gasteiger partial charge in [0.05, 0.1) is 17.6 Å². The number of hydrogen-bond donors (Lipinski definition) is 0. The van der Waals surface area contributed by atoms with Crippen LogP contribution in [0.1, 0.15) is 23.9 Å². The summed E-state index contributed by atoms with van der Waals surface area (Å²) in [5.41, 5.74) is 6.64. The normalized spacial score (nSPS) is 19.1. The first-order chi connectivity index (χ1) is 13.3. The monoisotopic (exact) mass is 374 g/mol. The lowest BCUT2D eigenvalue weighted by atomic mass is 9.95. The van der Waals surface area contributed by atoms with Gasteiger partial charge in [0, 0.05) is 24.4 Å². The number of rotatable bonds is 2. The van der Waals surface area contributed by atoms with Crippen LogP contribution in [-0.4, -0.2) is 28.3 Å². The Kier molecular flexibility index (Phi) is 4.09. The molecule has 4 heteroatoms. The van der Waals surface area contributed by atoms with Gasteiger partial charge < -0.3 is 4.90 Å². The molecule has 0 saturated carbocycles. The molecule has 0 amide bonds. The van der Waals surface area contributed by atoms with Crippen molar-refractivity contribution in [2.24, 2.45) is 7.05 Å². The number of hydrogen-bond acceptors (Lipinski definition) is 2. The standard InChI is InChI=1S/C23H24N3S/c1-3-25-14-15-27-22(25)13-12-19-18-9-5-4-8-17(18)16-26-21-11-7-6-10-20(21)24(2)23(19)26/h4-13H,3,14-16H2,1-2H3/q+1. The van der Waals surface area contributed by atoms with Gasteiger partial charge in [-0.25, -0.2) is 9.13 Å². The first-order valence-electron chi connectivity index (χ1n) is 9.63. The Morgan fingerprint density at radius 2 is 1.89 bits per heavy atom. The molecular formula is C23H24N3S+. The maximum Gasteiger partial charge on any atom is 0.290 e. The molecule has 5 rings (SSSR count). The summed E-state index contributed by atoms with van der Waals surface area (Å²) in [6, 6.07) is 17.5. The third-order valence-corrected chi connectivity index (χ3v) is 6.76. The molecule has 2 aromatic carbocycles. The fourth-order valence-electron chi connectivity index (χ4n) is 4.33. The molecule has 136 valence electrons. The zero-order chi connectivity index (χ0) is 18.4. The van der Waals surface area contributed by atoms with Crippen molar-refractivity contribution < 1.29 is 4.57 Å². The quantitative estimate of drug-likeness (QED) is 0.488. The number of imidazole rings is 1. The highest BCUT2D eigenvalue weighted by atomic mass is 32.2. The van der Waals surface area contributed by atoms with Gasteiger partial charge in [-0.1, -0.05) is 36.4 Å². The van der Waals surface area contributed by atoms with E-state index in [9.17, 15) is 0 Å². The van der Waals surface area contributed by atoms with Gasteiger partial charge in [0.15, 0.2) is 11.0 Å². The van der Waals surface area contributed by atoms with E-state index in [1.165, 1.54) is 44.3 Å². The van der Waals surface area contributed by atoms with E-state index in [0.717, 1.165) is 19.6 Å². The second-order valence-electron chi connectivity index (χ2n) is 7.13. The lowest BCUT2D eigenvalue weighted by Crippen LogP contribution is -2.34. The van der Waals surface area contributed by atoms with Crippen LogP contribution in [0.5, 0.6) is 0 Å². The molecule has 0 spiro atoms. The van der Waals surface area contributed by atoms with E-state index in [1.54, 1.807) is 0 Å². The summed E-state index contributed by atoms with van der Waals surface area (Å²) in [5.74, 6) is 2.48. The Morgan fingerprint density at radius 3 is 2.78 bits per heavy atom. The number of thioether (sulfide) groups is 1. The largest absolute Gasteiger partial charge is 0.366 e. The zero-order valence-electron chi connectivity index (χ0n) is 15.9. The van der Waals surface area contributed by atoms with E-state index >= 15 is 0 Å². The smallest absolute Gasteiger partial charge is 0.290 e. The molecule has 3 nitrogen and oxygen atoms in total. The molecule has 2 aliphatic rings. The molecule has 2 aliphatic heterocycles. The van der Waals surface area contributed by atoms with Crippen molar-refractivity contribution in [3.63, 3.8) is 0 Å². The van der Waals surface area contributed by atoms with Crippen LogP contribution in [0.25, 0.3) is 16.6 Å². The molecule has 0 atom stereocenters. The predicted molar refractivity (Wildman–Crippen MR) is 114 cm³/mol. The summed E-state index contributed by atoms with van der Waals surface area (Å²) in [5, 5.41) is 1.39. The highest BCUT2D eigenvalue weighted by molar-refractivity contribution is 8.03. The van der Waals surface area contributed by atoms with Crippen LogP contribution in [0.3, 0.4) is 0 Å². The van der Waals surface area contributed by atoms with E-state index in [1.807, 2.05) is 11.8 Å². The van der Waals surface area contributed by atoms with Crippen LogP contribution in [0, 0.1) is 0 Å². The molecule has 0 bridgehead atoms. The summed E-state index contributed by atoms with van der Waals surface area (Å²) in [6.45, 7) is 5.39. The topological polar surface area (TPSA) is 12.1 Å². The molecule has 3 aromatic rings. The van der Waals surface area contributed by atoms with Gasteiger partial charge in [0.2, 0.25) is 0 Å². The lowest BCUT2D eigenvalue weighted by Gasteiger charge is -2.18. The molecule has 3 heterocycles. The number of allylic oxidation sites excluding steroid dienone is 2. The molecule has 0 N–H and O–H groups in total. The predicted octanol–water partition coefficient (Wildman–Crippen LogP) is 4.17. The van der Waals surface area contributed by atoms with Crippen LogP contribution in [0.15, 0.2) is 65.7 Å². The van der Waals surface area contributed by atoms with E-state index < -0.39 is 0 Å². The van der Waals surface area contributed by atoms with Crippen molar-refractivity contribution >= 4 is 28.4 Å². The molecule has 1 saturated heterocycles. The summed E-state index contributed by atoms with van der Waals surface area (Å²) in [7, 11) is 2.19. The molecule has 0 radical (unpaired) electrons. The van der Waals surface area contributed by atoms with Gasteiger partial charge >= 0.3 is 0 Å². The Hall–Kier alpha value is -2.46. The first-order valence-corrected chi connectivity index (χ1v) is 10.6. The summed E-state index contributed by atoms with van der Waals surface area (Å²) in [4.78, 5) is 2.46. The highest BCUT2D eigenvalue weighted by Crippen LogP contribution is 2.34. The van der Waals surface area contributed by atoms with Gasteiger partial charge in [-0.15, -0.1) is 11.8 Å². The van der Waals surface area contributed by atoms with Crippen molar-refractivity contribution in [2.75, 3.05) is 18.8 Å². The number of fused-ring (bicyclic) bond motifs is 4. The van der Waals surface area contributed by atoms with Crippen molar-refractivity contribution in [1.29, 1.82) is 0 Å². The van der Waals surface area contributed by atoms with Gasteiger partial charge in [-0.05, 0) is 36.8 Å². The summed E-state index contributed by atoms with van der Waals surface area (Å²) >= 11 is 1.96. The highest BCUT2D eigenvalue weighted by Gasteiger charge is 2.32. The van der Waals surface area contributed by atoms with Gasteiger partial charge in [-0.3, -0.25) is 0 Å². The van der Waals surface area contributed by atoms with Crippen LogP contribution >= 0.6 is 11.8 Å². The lowest BCUT2D eigenvalue weighted by molar-refractivity contribution is -0.648. The average molecular weight is 375 g/mol. The fraction of sp³-hybridized carbons (Fsp3) is 0.261. The number of nitrogens with zero attached hydrogens (tertiary/aromatic N) is 3.